The highest BCUT2D eigenvalue weighted by Gasteiger charge is 2.28. The van der Waals surface area contributed by atoms with Gasteiger partial charge in [-0.15, -0.1) is 0 Å². The van der Waals surface area contributed by atoms with Gasteiger partial charge in [0.25, 0.3) is 11.8 Å². The summed E-state index contributed by atoms with van der Waals surface area (Å²) in [7, 11) is 0. The maximum atomic E-state index is 11.9. The molecular weight excluding hydrogens is 318 g/mol. The normalized spacial score (nSPS) is 13.2. The van der Waals surface area contributed by atoms with Gasteiger partial charge in [-0.2, -0.15) is 0 Å². The molecule has 1 aliphatic heterocycles. The van der Waals surface area contributed by atoms with E-state index in [2.05, 4.69) is 27.3 Å². The number of benzene rings is 2. The molecule has 3 rings (SSSR count). The smallest absolute Gasteiger partial charge is 0.259 e. The van der Waals surface area contributed by atoms with Gasteiger partial charge in [0.1, 0.15) is 0 Å². The van der Waals surface area contributed by atoms with E-state index in [-0.39, 0.29) is 11.8 Å². The molecule has 0 aliphatic carbocycles. The molecule has 4 heteroatoms. The van der Waals surface area contributed by atoms with Crippen molar-refractivity contribution in [3.8, 4) is 0 Å². The molecule has 0 radical (unpaired) electrons. The van der Waals surface area contributed by atoms with Crippen LogP contribution in [0.3, 0.4) is 0 Å². The Kier molecular flexibility index (Phi) is 3.40. The molecule has 2 amide bonds. The minimum Gasteiger partial charge on any atom is -0.288 e. The Labute approximate surface area is 125 Å². The van der Waals surface area contributed by atoms with Crippen LogP contribution >= 0.6 is 15.9 Å². The highest BCUT2D eigenvalue weighted by Crippen LogP contribution is 2.23. The van der Waals surface area contributed by atoms with Crippen molar-refractivity contribution in [1.82, 2.24) is 5.32 Å². The number of halogens is 1. The predicted octanol–water partition coefficient (Wildman–Crippen LogP) is 3.06. The molecule has 2 aromatic rings. The lowest BCUT2D eigenvalue weighted by atomic mass is 9.96. The molecule has 3 nitrogen and oxygen atoms in total. The summed E-state index contributed by atoms with van der Waals surface area (Å²) in [5.41, 5.74) is 4.20. The van der Waals surface area contributed by atoms with E-state index in [1.54, 1.807) is 6.07 Å². The van der Waals surface area contributed by atoms with E-state index in [1.165, 1.54) is 5.56 Å². The number of carbonyl (C=O) groups excluding carboxylic acids is 2. The fraction of sp³-hybridized carbons (Fsp3) is 0.125. The fourth-order valence-corrected chi connectivity index (χ4v) is 2.83. The largest absolute Gasteiger partial charge is 0.288 e. The van der Waals surface area contributed by atoms with Crippen molar-refractivity contribution < 1.29 is 9.59 Å². The zero-order valence-electron chi connectivity index (χ0n) is 10.7. The third-order valence-corrected chi connectivity index (χ3v) is 4.04. The zero-order chi connectivity index (χ0) is 14.1. The first kappa shape index (κ1) is 13.1. The molecule has 0 saturated heterocycles. The maximum absolute atomic E-state index is 11.9. The van der Waals surface area contributed by atoms with Gasteiger partial charge in [0.15, 0.2) is 0 Å². The number of imide groups is 1. The van der Waals surface area contributed by atoms with Gasteiger partial charge in [-0.25, -0.2) is 0 Å². The molecule has 0 fully saturated rings. The molecule has 1 aliphatic rings. The van der Waals surface area contributed by atoms with Crippen LogP contribution in [-0.2, 0) is 11.8 Å². The Morgan fingerprint density at radius 1 is 0.950 bits per heavy atom. The first-order valence-corrected chi connectivity index (χ1v) is 7.42. The Hall–Kier alpha value is -1.94. The topological polar surface area (TPSA) is 46.2 Å². The van der Waals surface area contributed by atoms with E-state index in [1.807, 2.05) is 30.3 Å². The highest BCUT2D eigenvalue weighted by atomic mass is 79.9. The van der Waals surface area contributed by atoms with Gasteiger partial charge in [0, 0.05) is 5.33 Å². The second-order valence-electron chi connectivity index (χ2n) is 4.75. The minimum atomic E-state index is -0.305. The van der Waals surface area contributed by atoms with Gasteiger partial charge in [0.05, 0.1) is 11.1 Å². The third kappa shape index (κ3) is 2.27. The highest BCUT2D eigenvalue weighted by molar-refractivity contribution is 9.08. The molecule has 1 N–H and O–H groups in total. The van der Waals surface area contributed by atoms with Crippen molar-refractivity contribution in [2.45, 2.75) is 11.8 Å². The first-order valence-electron chi connectivity index (χ1n) is 6.30. The summed E-state index contributed by atoms with van der Waals surface area (Å²) in [4.78, 5) is 23.5. The molecular formula is C16H12BrNO2. The Morgan fingerprint density at radius 2 is 1.70 bits per heavy atom. The molecule has 100 valence electrons. The SMILES string of the molecule is O=C1NC(=O)c2c(Cc3cccc(CBr)c3)cccc21. The second kappa shape index (κ2) is 5.21. The van der Waals surface area contributed by atoms with Crippen LogP contribution in [0.1, 0.15) is 37.4 Å². The van der Waals surface area contributed by atoms with Crippen LogP contribution in [0.2, 0.25) is 0 Å². The molecule has 0 unspecified atom stereocenters. The van der Waals surface area contributed by atoms with E-state index >= 15 is 0 Å². The summed E-state index contributed by atoms with van der Waals surface area (Å²) < 4.78 is 0. The zero-order valence-corrected chi connectivity index (χ0v) is 12.2. The number of alkyl halides is 1. The van der Waals surface area contributed by atoms with Crippen molar-refractivity contribution in [3.63, 3.8) is 0 Å². The molecule has 2 aromatic carbocycles. The van der Waals surface area contributed by atoms with Crippen LogP contribution in [0.5, 0.6) is 0 Å². The third-order valence-electron chi connectivity index (χ3n) is 3.39. The number of rotatable bonds is 3. The molecule has 20 heavy (non-hydrogen) atoms. The van der Waals surface area contributed by atoms with Gasteiger partial charge >= 0.3 is 0 Å². The predicted molar refractivity (Wildman–Crippen MR) is 80.1 cm³/mol. The second-order valence-corrected chi connectivity index (χ2v) is 5.31. The lowest BCUT2D eigenvalue weighted by molar-refractivity contribution is 0.0879. The van der Waals surface area contributed by atoms with Crippen molar-refractivity contribution in [3.05, 3.63) is 70.3 Å². The lowest BCUT2D eigenvalue weighted by Gasteiger charge is -2.07. The number of amides is 2. The van der Waals surface area contributed by atoms with Gasteiger partial charge < -0.3 is 0 Å². The number of fused-ring (bicyclic) bond motifs is 1. The van der Waals surface area contributed by atoms with Crippen molar-refractivity contribution >= 4 is 27.7 Å². The van der Waals surface area contributed by atoms with Crippen molar-refractivity contribution in [2.24, 2.45) is 0 Å². The summed E-state index contributed by atoms with van der Waals surface area (Å²) in [6.45, 7) is 0. The van der Waals surface area contributed by atoms with Gasteiger partial charge in [0.2, 0.25) is 0 Å². The molecule has 1 heterocycles. The van der Waals surface area contributed by atoms with Gasteiger partial charge in [-0.1, -0.05) is 52.3 Å². The summed E-state index contributed by atoms with van der Waals surface area (Å²) in [5, 5.41) is 3.14. The van der Waals surface area contributed by atoms with Gasteiger partial charge in [-0.05, 0) is 29.2 Å². The molecule has 0 atom stereocenters. The first-order chi connectivity index (χ1) is 9.69. The Morgan fingerprint density at radius 3 is 2.50 bits per heavy atom. The Bertz CT molecular complexity index is 709. The van der Waals surface area contributed by atoms with E-state index in [4.69, 9.17) is 0 Å². The standard InChI is InChI=1S/C16H12BrNO2/c17-9-11-4-1-3-10(7-11)8-12-5-2-6-13-14(12)16(20)18-15(13)19/h1-7H,8-9H2,(H,18,19,20). The van der Waals surface area contributed by atoms with Gasteiger partial charge in [-0.3, -0.25) is 14.9 Å². The molecule has 0 bridgehead atoms. The number of hydrogen-bond donors (Lipinski definition) is 1. The lowest BCUT2D eigenvalue weighted by Crippen LogP contribution is -2.20. The molecule has 0 saturated carbocycles. The Balaban J connectivity index is 2.00. The number of nitrogens with one attached hydrogen (secondary N) is 1. The van der Waals surface area contributed by atoms with Crippen LogP contribution in [0.15, 0.2) is 42.5 Å². The van der Waals surface area contributed by atoms with Crippen LogP contribution in [0, 0.1) is 0 Å². The fourth-order valence-electron chi connectivity index (χ4n) is 2.48. The van der Waals surface area contributed by atoms with E-state index in [0.29, 0.717) is 17.5 Å². The summed E-state index contributed by atoms with van der Waals surface area (Å²) in [6, 6.07) is 13.6. The average Bonchev–Trinajstić information content (AvgIpc) is 2.75. The summed E-state index contributed by atoms with van der Waals surface area (Å²) >= 11 is 3.44. The number of carbonyl (C=O) groups is 2. The van der Waals surface area contributed by atoms with Crippen LogP contribution in [-0.4, -0.2) is 11.8 Å². The van der Waals surface area contributed by atoms with Crippen LogP contribution < -0.4 is 5.32 Å². The number of hydrogen-bond acceptors (Lipinski definition) is 2. The minimum absolute atomic E-state index is 0.294. The monoisotopic (exact) mass is 329 g/mol. The van der Waals surface area contributed by atoms with E-state index < -0.39 is 0 Å². The van der Waals surface area contributed by atoms with Crippen molar-refractivity contribution in [2.75, 3.05) is 0 Å². The molecule has 0 aromatic heterocycles. The summed E-state index contributed by atoms with van der Waals surface area (Å²) in [6.07, 6.45) is 0.644. The average molecular weight is 330 g/mol. The van der Waals surface area contributed by atoms with Crippen molar-refractivity contribution in [1.29, 1.82) is 0 Å². The molecule has 0 spiro atoms. The quantitative estimate of drug-likeness (QED) is 0.694. The summed E-state index contributed by atoms with van der Waals surface area (Å²) in [5.74, 6) is -0.599. The van der Waals surface area contributed by atoms with Crippen LogP contribution in [0.4, 0.5) is 0 Å². The van der Waals surface area contributed by atoms with E-state index in [0.717, 1.165) is 16.5 Å². The van der Waals surface area contributed by atoms with E-state index in [9.17, 15) is 9.59 Å². The maximum Gasteiger partial charge on any atom is 0.259 e. The van der Waals surface area contributed by atoms with Crippen LogP contribution in [0.25, 0.3) is 0 Å².